The predicted molar refractivity (Wildman–Crippen MR) is 528 cm³/mol. The van der Waals surface area contributed by atoms with Crippen molar-refractivity contribution in [1.82, 2.24) is 0 Å². The van der Waals surface area contributed by atoms with Crippen LogP contribution in [0.4, 0.5) is 102 Å². The Balaban J connectivity index is 0.806. The van der Waals surface area contributed by atoms with Crippen molar-refractivity contribution >= 4 is 306 Å². The summed E-state index contributed by atoms with van der Waals surface area (Å²) in [6.45, 7) is -0.537. The molecule has 13 heteroatoms. The summed E-state index contributed by atoms with van der Waals surface area (Å²) < 4.78 is 12.5. The Hall–Kier alpha value is -14.0. The number of fused-ring (bicyclic) bond motifs is 23. The average Bonchev–Trinajstić information content (AvgIpc) is 1.13. The molecule has 562 valence electrons. The van der Waals surface area contributed by atoms with E-state index < -0.39 is 0 Å². The third-order valence-electron chi connectivity index (χ3n) is 25.7. The van der Waals surface area contributed by atoms with Crippen molar-refractivity contribution in [1.29, 1.82) is 0 Å². The van der Waals surface area contributed by atoms with Crippen LogP contribution >= 0.6 is 56.7 Å². The molecule has 0 fully saturated rings. The molecule has 6 nitrogen and oxygen atoms in total. The lowest BCUT2D eigenvalue weighted by Gasteiger charge is -2.48. The van der Waals surface area contributed by atoms with Gasteiger partial charge in [-0.1, -0.05) is 249 Å². The van der Waals surface area contributed by atoms with Crippen LogP contribution in [0.1, 0.15) is 0 Å². The van der Waals surface area contributed by atoms with Crippen LogP contribution in [0, 0.1) is 0 Å². The van der Waals surface area contributed by atoms with Gasteiger partial charge in [0.25, 0.3) is 13.4 Å². The lowest BCUT2D eigenvalue weighted by molar-refractivity contribution is 1.22. The van der Waals surface area contributed by atoms with Crippen molar-refractivity contribution in [2.24, 2.45) is 0 Å². The first-order valence-electron chi connectivity index (χ1n) is 41.3. The molecule has 0 amide bonds. The van der Waals surface area contributed by atoms with E-state index in [1.165, 1.54) is 134 Å². The lowest BCUT2D eigenvalue weighted by atomic mass is 9.30. The summed E-state index contributed by atoms with van der Waals surface area (Å²) >= 11 is 9.46. The molecule has 0 saturated carbocycles. The van der Waals surface area contributed by atoms with Crippen LogP contribution in [0.25, 0.3) is 101 Å². The maximum Gasteiger partial charge on any atom is 0.252 e. The fraction of sp³-hybridized carbons (Fsp3) is 0. The Labute approximate surface area is 717 Å². The van der Waals surface area contributed by atoms with Gasteiger partial charge >= 0.3 is 0 Å². The van der Waals surface area contributed by atoms with Gasteiger partial charge in [0.15, 0.2) is 0 Å². The number of thiophene rings is 5. The Morgan fingerprint density at radius 3 is 0.851 bits per heavy atom. The molecule has 9 heterocycles. The topological polar surface area (TPSA) is 19.4 Å². The number of nitrogens with zero attached hydrogens (tertiary/aromatic N) is 6. The molecule has 121 heavy (non-hydrogen) atoms. The molecule has 0 aliphatic carbocycles. The quantitative estimate of drug-likeness (QED) is 0.126. The van der Waals surface area contributed by atoms with Crippen molar-refractivity contribution in [2.45, 2.75) is 0 Å². The Kier molecular flexibility index (Phi) is 14.7. The van der Waals surface area contributed by atoms with Crippen molar-refractivity contribution < 1.29 is 0 Å². The maximum absolute atomic E-state index is 2.74. The minimum Gasteiger partial charge on any atom is -0.311 e. The molecule has 0 N–H and O–H groups in total. The van der Waals surface area contributed by atoms with Crippen LogP contribution in [-0.4, -0.2) is 13.4 Å². The van der Waals surface area contributed by atoms with Gasteiger partial charge in [-0.2, -0.15) is 0 Å². The van der Waals surface area contributed by atoms with Gasteiger partial charge in [0.1, 0.15) is 0 Å². The zero-order valence-corrected chi connectivity index (χ0v) is 68.9. The molecule has 4 aliphatic rings. The number of anilines is 18. The Bertz CT molecular complexity index is 8340. The van der Waals surface area contributed by atoms with Gasteiger partial charge in [-0.05, 0) is 172 Å². The Morgan fingerprint density at radius 1 is 0.182 bits per heavy atom. The Morgan fingerprint density at radius 2 is 0.463 bits per heavy atom. The lowest BCUT2D eigenvalue weighted by Crippen LogP contribution is -2.65. The molecule has 0 atom stereocenters. The van der Waals surface area contributed by atoms with E-state index >= 15 is 0 Å². The van der Waals surface area contributed by atoms with Gasteiger partial charge < -0.3 is 29.4 Å². The SMILES string of the molecule is c1ccc(N2c3ccccc3B3c4cc5c(cc4N(c4cccc6c4sc4ccccc46)c4cc(N(c6ccccc6)c6cccc7c6sc6ccccc67)cc2c43)N(c2cccc3c2sc2ccccc23)c2cc(N(c3ccccc3)c3cccc4c3sc3ccccc34)cc3c2B5c2ccccc2N3c2cccc3c2sc2ccccc23)cc1. The second-order valence-electron chi connectivity index (χ2n) is 32.0. The molecule has 18 aromatic carbocycles. The van der Waals surface area contributed by atoms with Gasteiger partial charge in [-0.15, -0.1) is 56.7 Å². The van der Waals surface area contributed by atoms with E-state index in [1.54, 1.807) is 0 Å². The zero-order valence-electron chi connectivity index (χ0n) is 64.8. The molecule has 4 aliphatic heterocycles. The van der Waals surface area contributed by atoms with Crippen molar-refractivity contribution in [3.05, 3.63) is 388 Å². The highest BCUT2D eigenvalue weighted by molar-refractivity contribution is 7.28. The van der Waals surface area contributed by atoms with E-state index in [2.05, 4.69) is 418 Å². The van der Waals surface area contributed by atoms with Crippen LogP contribution in [-0.2, 0) is 0 Å². The van der Waals surface area contributed by atoms with Crippen molar-refractivity contribution in [3.63, 3.8) is 0 Å². The fourth-order valence-electron chi connectivity index (χ4n) is 20.8. The monoisotopic (exact) mass is 1630 g/mol. The molecule has 5 aromatic heterocycles. The summed E-state index contributed by atoms with van der Waals surface area (Å²) in [4.78, 5) is 15.8. The number of benzene rings is 18. The largest absolute Gasteiger partial charge is 0.311 e. The van der Waals surface area contributed by atoms with Gasteiger partial charge in [-0.25, -0.2) is 0 Å². The molecular formula is C108H64B2N6S5. The molecule has 0 bridgehead atoms. The smallest absolute Gasteiger partial charge is 0.252 e. The zero-order chi connectivity index (χ0) is 78.8. The minimum absolute atomic E-state index is 0.260. The van der Waals surface area contributed by atoms with Crippen molar-refractivity contribution in [2.75, 3.05) is 29.4 Å². The van der Waals surface area contributed by atoms with Crippen LogP contribution < -0.4 is 62.2 Å². The second kappa shape index (κ2) is 26.2. The first-order valence-corrected chi connectivity index (χ1v) is 45.3. The number of para-hydroxylation sites is 5. The van der Waals surface area contributed by atoms with Crippen LogP contribution in [0.5, 0.6) is 0 Å². The highest BCUT2D eigenvalue weighted by atomic mass is 32.1. The third kappa shape index (κ3) is 9.86. The van der Waals surface area contributed by atoms with Crippen molar-refractivity contribution in [3.8, 4) is 0 Å². The minimum atomic E-state index is -0.277. The number of hydrogen-bond donors (Lipinski definition) is 0. The van der Waals surface area contributed by atoms with Gasteiger partial charge in [-0.3, -0.25) is 0 Å². The predicted octanol–water partition coefficient (Wildman–Crippen LogP) is 28.6. The highest BCUT2D eigenvalue weighted by Crippen LogP contribution is 2.58. The molecular weight excluding hydrogens is 1560 g/mol. The van der Waals surface area contributed by atoms with Gasteiger partial charge in [0.2, 0.25) is 0 Å². The second-order valence-corrected chi connectivity index (χ2v) is 37.3. The van der Waals surface area contributed by atoms with Gasteiger partial charge in [0.05, 0.1) is 63.3 Å². The molecule has 0 radical (unpaired) electrons. The summed E-state index contributed by atoms with van der Waals surface area (Å²) in [7, 11) is 0. The molecule has 23 aromatic rings. The molecule has 0 unspecified atom stereocenters. The number of hydrogen-bond acceptors (Lipinski definition) is 11. The van der Waals surface area contributed by atoms with Gasteiger partial charge in [0, 0.05) is 140 Å². The standard InChI is InChI=1S/C108H64B2N6S5/c1-4-29-65(30-5-1)111(86-49-24-40-75-70-35-10-19-54-97(70)117-104(75)86)68-59-93-102-95(61-68)115(89-52-27-43-78-73-38-13-22-57-100(73)120-107(78)89)91-64-92-83(63-82(91)109(102)80-45-15-17-47-84(80)113(93)67-33-8-3-9-34-67)110-81-46-16-18-48-85(81)114(88-51-26-42-77-72-37-12-21-56-99(72)119-106(77)88)94-60-69(62-96(103(94)110)116(92)90-53-28-44-79-74-39-14-23-58-101(74)121-108(79)90)112(66-31-6-2-7-32-66)87-50-25-41-76-71-36-11-20-55-98(71)118-105(76)87/h1-64H. The van der Waals surface area contributed by atoms with E-state index in [0.717, 1.165) is 102 Å². The van der Waals surface area contributed by atoms with E-state index in [-0.39, 0.29) is 13.4 Å². The molecule has 0 saturated heterocycles. The summed E-state index contributed by atoms with van der Waals surface area (Å²) in [5, 5.41) is 12.5. The van der Waals surface area contributed by atoms with E-state index in [1.807, 2.05) is 56.7 Å². The fourth-order valence-corrected chi connectivity index (χ4v) is 26.8. The molecule has 27 rings (SSSR count). The average molecular weight is 1630 g/mol. The van der Waals surface area contributed by atoms with Crippen LogP contribution in [0.15, 0.2) is 388 Å². The highest BCUT2D eigenvalue weighted by Gasteiger charge is 2.50. The summed E-state index contributed by atoms with van der Waals surface area (Å²) in [5.74, 6) is 0. The molecule has 0 spiro atoms. The van der Waals surface area contributed by atoms with E-state index in [0.29, 0.717) is 0 Å². The van der Waals surface area contributed by atoms with Crippen LogP contribution in [0.3, 0.4) is 0 Å². The maximum atomic E-state index is 2.74. The first-order chi connectivity index (χ1) is 60.1. The van der Waals surface area contributed by atoms with Crippen LogP contribution in [0.2, 0.25) is 0 Å². The van der Waals surface area contributed by atoms with E-state index in [9.17, 15) is 0 Å². The van der Waals surface area contributed by atoms with E-state index in [4.69, 9.17) is 0 Å². The normalized spacial score (nSPS) is 13.2. The number of rotatable bonds is 10. The summed E-state index contributed by atoms with van der Waals surface area (Å²) in [6, 6.07) is 148. The third-order valence-corrected chi connectivity index (χ3v) is 31.8. The summed E-state index contributed by atoms with van der Waals surface area (Å²) in [6.07, 6.45) is 0. The summed E-state index contributed by atoms with van der Waals surface area (Å²) in [5.41, 5.74) is 27.6. The first kappa shape index (κ1) is 68.0.